The quantitative estimate of drug-likeness (QED) is 0.658. The van der Waals surface area contributed by atoms with Crippen molar-refractivity contribution in [3.63, 3.8) is 0 Å². The van der Waals surface area contributed by atoms with Gasteiger partial charge in [0.1, 0.15) is 4.90 Å². The fourth-order valence-corrected chi connectivity index (χ4v) is 4.06. The summed E-state index contributed by atoms with van der Waals surface area (Å²) in [6.07, 6.45) is 0. The van der Waals surface area contributed by atoms with Crippen LogP contribution in [0.4, 0.5) is 11.4 Å². The summed E-state index contributed by atoms with van der Waals surface area (Å²) in [6, 6.07) is 3.44. The maximum atomic E-state index is 12.8. The molecule has 0 aliphatic carbocycles. The second-order valence-electron chi connectivity index (χ2n) is 4.73. The highest BCUT2D eigenvalue weighted by Gasteiger charge is 2.34. The third-order valence-electron chi connectivity index (χ3n) is 3.34. The van der Waals surface area contributed by atoms with Crippen LogP contribution in [0, 0.1) is 10.1 Å². The van der Waals surface area contributed by atoms with Crippen LogP contribution in [0.1, 0.15) is 6.92 Å². The summed E-state index contributed by atoms with van der Waals surface area (Å²) in [4.78, 5) is 10.2. The summed E-state index contributed by atoms with van der Waals surface area (Å²) in [5.74, 6) is 0. The number of ether oxygens (including phenoxy) is 1. The van der Waals surface area contributed by atoms with Crippen LogP contribution in [-0.4, -0.2) is 50.5 Å². The van der Waals surface area contributed by atoms with Crippen molar-refractivity contribution in [3.05, 3.63) is 28.3 Å². The number of hydrogen-bond donors (Lipinski definition) is 1. The number of anilines is 1. The van der Waals surface area contributed by atoms with Crippen molar-refractivity contribution >= 4 is 21.4 Å². The molecule has 8 nitrogen and oxygen atoms in total. The molecular formula is C12H17N3O5S. The topological polar surface area (TPSA) is 102 Å². The number of non-ortho nitro benzene ring substituents is 1. The van der Waals surface area contributed by atoms with Crippen molar-refractivity contribution in [2.75, 3.05) is 32.1 Å². The Hall–Kier alpha value is -1.71. The molecule has 1 heterocycles. The van der Waals surface area contributed by atoms with E-state index in [0.717, 1.165) is 6.07 Å². The van der Waals surface area contributed by atoms with Crippen LogP contribution < -0.4 is 5.32 Å². The summed E-state index contributed by atoms with van der Waals surface area (Å²) in [5.41, 5.74) is 0.0766. The zero-order valence-electron chi connectivity index (χ0n) is 11.8. The lowest BCUT2D eigenvalue weighted by atomic mass is 10.3. The Labute approximate surface area is 122 Å². The Morgan fingerprint density at radius 2 is 2.19 bits per heavy atom. The Kier molecular flexibility index (Phi) is 4.45. The Balaban J connectivity index is 2.52. The molecule has 0 aromatic heterocycles. The molecule has 1 aliphatic rings. The Morgan fingerprint density at radius 3 is 2.76 bits per heavy atom. The molecule has 9 heteroatoms. The monoisotopic (exact) mass is 315 g/mol. The van der Waals surface area contributed by atoms with E-state index in [1.165, 1.54) is 16.4 Å². The fourth-order valence-electron chi connectivity index (χ4n) is 2.24. The average molecular weight is 315 g/mol. The van der Waals surface area contributed by atoms with Gasteiger partial charge in [-0.3, -0.25) is 10.1 Å². The standard InChI is InChI=1S/C12H17N3O5S/c1-9-8-20-6-5-14(9)21(18,19)12-7-10(15(16)17)3-4-11(12)13-2/h3-4,7,9,13H,5-6,8H2,1-2H3. The number of nitrogens with one attached hydrogen (secondary N) is 1. The molecule has 1 unspecified atom stereocenters. The van der Waals surface area contributed by atoms with Crippen molar-refractivity contribution in [2.24, 2.45) is 0 Å². The van der Waals surface area contributed by atoms with Gasteiger partial charge in [-0.25, -0.2) is 8.42 Å². The highest BCUT2D eigenvalue weighted by atomic mass is 32.2. The second-order valence-corrected chi connectivity index (χ2v) is 6.59. The molecule has 1 aromatic rings. The first-order valence-corrected chi connectivity index (χ1v) is 7.87. The highest BCUT2D eigenvalue weighted by molar-refractivity contribution is 7.89. The smallest absolute Gasteiger partial charge is 0.270 e. The molecule has 21 heavy (non-hydrogen) atoms. The van der Waals surface area contributed by atoms with Crippen LogP contribution in [-0.2, 0) is 14.8 Å². The second kappa shape index (κ2) is 5.96. The van der Waals surface area contributed by atoms with E-state index in [1.54, 1.807) is 14.0 Å². The SMILES string of the molecule is CNc1ccc([N+](=O)[O-])cc1S(=O)(=O)N1CCOCC1C. The minimum Gasteiger partial charge on any atom is -0.387 e. The van der Waals surface area contributed by atoms with E-state index in [9.17, 15) is 18.5 Å². The summed E-state index contributed by atoms with van der Waals surface area (Å²) in [5, 5.41) is 13.6. The van der Waals surface area contributed by atoms with E-state index in [1.807, 2.05) is 0 Å². The fraction of sp³-hybridized carbons (Fsp3) is 0.500. The first kappa shape index (κ1) is 15.7. The molecule has 1 fully saturated rings. The molecule has 0 bridgehead atoms. The molecular weight excluding hydrogens is 298 g/mol. The van der Waals surface area contributed by atoms with Gasteiger partial charge in [0, 0.05) is 31.8 Å². The molecule has 1 saturated heterocycles. The average Bonchev–Trinajstić information content (AvgIpc) is 2.46. The van der Waals surface area contributed by atoms with Gasteiger partial charge in [0.05, 0.1) is 23.8 Å². The molecule has 1 aromatic carbocycles. The lowest BCUT2D eigenvalue weighted by Crippen LogP contribution is -2.47. The normalized spacial score (nSPS) is 20.2. The zero-order valence-corrected chi connectivity index (χ0v) is 12.6. The van der Waals surface area contributed by atoms with Gasteiger partial charge in [0.2, 0.25) is 10.0 Å². The number of nitro groups is 1. The van der Waals surface area contributed by atoms with Crippen molar-refractivity contribution in [3.8, 4) is 0 Å². The van der Waals surface area contributed by atoms with E-state index < -0.39 is 14.9 Å². The van der Waals surface area contributed by atoms with Crippen molar-refractivity contribution in [1.82, 2.24) is 4.31 Å². The maximum Gasteiger partial charge on any atom is 0.270 e. The van der Waals surface area contributed by atoms with Crippen molar-refractivity contribution < 1.29 is 18.1 Å². The summed E-state index contributed by atoms with van der Waals surface area (Å²) < 4.78 is 32.1. The number of sulfonamides is 1. The molecule has 2 rings (SSSR count). The van der Waals surface area contributed by atoms with E-state index in [2.05, 4.69) is 5.32 Å². The third kappa shape index (κ3) is 2.99. The lowest BCUT2D eigenvalue weighted by molar-refractivity contribution is -0.385. The zero-order chi connectivity index (χ0) is 15.6. The molecule has 0 saturated carbocycles. The highest BCUT2D eigenvalue weighted by Crippen LogP contribution is 2.30. The van der Waals surface area contributed by atoms with E-state index >= 15 is 0 Å². The van der Waals surface area contributed by atoms with Gasteiger partial charge in [-0.2, -0.15) is 4.31 Å². The summed E-state index contributed by atoms with van der Waals surface area (Å²) >= 11 is 0. The van der Waals surface area contributed by atoms with Gasteiger partial charge in [0.25, 0.3) is 5.69 Å². The van der Waals surface area contributed by atoms with Crippen molar-refractivity contribution in [1.29, 1.82) is 0 Å². The van der Waals surface area contributed by atoms with Crippen LogP contribution in [0.2, 0.25) is 0 Å². The van der Waals surface area contributed by atoms with Gasteiger partial charge in [-0.05, 0) is 13.0 Å². The third-order valence-corrected chi connectivity index (χ3v) is 5.39. The van der Waals surface area contributed by atoms with Crippen LogP contribution in [0.5, 0.6) is 0 Å². The van der Waals surface area contributed by atoms with E-state index in [-0.39, 0.29) is 23.2 Å². The van der Waals surface area contributed by atoms with Gasteiger partial charge in [-0.15, -0.1) is 0 Å². The molecule has 116 valence electrons. The number of morpholine rings is 1. The largest absolute Gasteiger partial charge is 0.387 e. The lowest BCUT2D eigenvalue weighted by Gasteiger charge is -2.32. The Morgan fingerprint density at radius 1 is 1.48 bits per heavy atom. The molecule has 1 atom stereocenters. The minimum atomic E-state index is -3.82. The van der Waals surface area contributed by atoms with Crippen LogP contribution in [0.25, 0.3) is 0 Å². The maximum absolute atomic E-state index is 12.8. The number of nitrogens with zero attached hydrogens (tertiary/aromatic N) is 2. The molecule has 0 radical (unpaired) electrons. The molecule has 1 aliphatic heterocycles. The van der Waals surface area contributed by atoms with Crippen molar-refractivity contribution in [2.45, 2.75) is 17.9 Å². The van der Waals surface area contributed by atoms with Crippen LogP contribution in [0.3, 0.4) is 0 Å². The van der Waals surface area contributed by atoms with Crippen LogP contribution >= 0.6 is 0 Å². The Bertz CT molecular complexity index is 646. The number of nitro benzene ring substituents is 1. The van der Waals surface area contributed by atoms with Gasteiger partial charge < -0.3 is 10.1 Å². The van der Waals surface area contributed by atoms with Gasteiger partial charge in [0.15, 0.2) is 0 Å². The number of benzene rings is 1. The first-order valence-electron chi connectivity index (χ1n) is 6.43. The minimum absolute atomic E-state index is 0.0899. The summed E-state index contributed by atoms with van der Waals surface area (Å²) in [7, 11) is -2.25. The van der Waals surface area contributed by atoms with Gasteiger partial charge in [-0.1, -0.05) is 0 Å². The van der Waals surface area contributed by atoms with Crippen LogP contribution in [0.15, 0.2) is 23.1 Å². The number of hydrogen-bond acceptors (Lipinski definition) is 6. The first-order chi connectivity index (χ1) is 9.87. The number of rotatable bonds is 4. The molecule has 1 N–H and O–H groups in total. The molecule has 0 amide bonds. The molecule has 0 spiro atoms. The summed E-state index contributed by atoms with van der Waals surface area (Å²) in [6.45, 7) is 2.60. The van der Waals surface area contributed by atoms with E-state index in [4.69, 9.17) is 4.74 Å². The van der Waals surface area contributed by atoms with E-state index in [0.29, 0.717) is 18.9 Å². The predicted molar refractivity (Wildman–Crippen MR) is 76.8 cm³/mol. The predicted octanol–water partition coefficient (Wildman–Crippen LogP) is 1.05. The van der Waals surface area contributed by atoms with Gasteiger partial charge >= 0.3 is 0 Å².